The summed E-state index contributed by atoms with van der Waals surface area (Å²) < 4.78 is 6.10. The molecule has 4 aliphatic rings. The number of hydrogen-bond donors (Lipinski definition) is 0. The lowest BCUT2D eigenvalue weighted by molar-refractivity contribution is -0.166. The summed E-state index contributed by atoms with van der Waals surface area (Å²) in [7, 11) is 0. The molecule has 0 N–H and O–H groups in total. The predicted octanol–water partition coefficient (Wildman–Crippen LogP) is 3.18. The van der Waals surface area contributed by atoms with Gasteiger partial charge in [0.2, 0.25) is 0 Å². The molecule has 3 heteroatoms. The van der Waals surface area contributed by atoms with Crippen LogP contribution in [0.2, 0.25) is 0 Å². The first-order chi connectivity index (χ1) is 9.42. The summed E-state index contributed by atoms with van der Waals surface area (Å²) in [6.07, 6.45) is 8.20. The summed E-state index contributed by atoms with van der Waals surface area (Å²) in [5.74, 6) is 0.650. The smallest absolute Gasteiger partial charge is 0.312 e. The normalized spacial score (nSPS) is 50.1. The summed E-state index contributed by atoms with van der Waals surface area (Å²) in [4.78, 5) is 24.3. The fourth-order valence-electron chi connectivity index (χ4n) is 5.54. The average Bonchev–Trinajstić information content (AvgIpc) is 2.52. The number of hydrogen-bond acceptors (Lipinski definition) is 3. The molecule has 0 aromatic carbocycles. The first-order valence-electron chi connectivity index (χ1n) is 7.87. The van der Waals surface area contributed by atoms with Gasteiger partial charge >= 0.3 is 5.97 Å². The highest BCUT2D eigenvalue weighted by Gasteiger charge is 2.71. The zero-order valence-corrected chi connectivity index (χ0v) is 12.3. The molecule has 2 bridgehead atoms. The third-order valence-corrected chi connectivity index (χ3v) is 6.85. The number of esters is 1. The van der Waals surface area contributed by atoms with Gasteiger partial charge in [-0.25, -0.2) is 0 Å². The van der Waals surface area contributed by atoms with Gasteiger partial charge in [0.15, 0.2) is 0 Å². The molecular weight excluding hydrogens is 252 g/mol. The third-order valence-electron chi connectivity index (χ3n) is 6.85. The van der Waals surface area contributed by atoms with Crippen LogP contribution in [-0.4, -0.2) is 17.4 Å². The highest BCUT2D eigenvalue weighted by molar-refractivity contribution is 5.84. The molecule has 3 nitrogen and oxygen atoms in total. The Morgan fingerprint density at radius 3 is 2.80 bits per heavy atom. The molecule has 0 amide bonds. The fourth-order valence-corrected chi connectivity index (χ4v) is 5.54. The summed E-state index contributed by atoms with van der Waals surface area (Å²) in [5.41, 5.74) is 0.494. The van der Waals surface area contributed by atoms with Crippen molar-refractivity contribution >= 4 is 11.8 Å². The Morgan fingerprint density at radius 2 is 2.00 bits per heavy atom. The van der Waals surface area contributed by atoms with Crippen molar-refractivity contribution in [3.8, 4) is 0 Å². The van der Waals surface area contributed by atoms with E-state index in [-0.39, 0.29) is 22.4 Å². The standard InChI is InChI=1S/C17H22O3/c1-15-7-3-8-17(20-14(15)19)13(15)5-4-11-10-12(18)6-9-16(11,17)2/h4,13H,3,5-10H2,1-2H3/t13-,15-,16+,17+/m1/s1. The second-order valence-electron chi connectivity index (χ2n) is 7.62. The summed E-state index contributed by atoms with van der Waals surface area (Å²) in [6.45, 7) is 4.33. The summed E-state index contributed by atoms with van der Waals surface area (Å²) in [6, 6.07) is 0. The molecule has 0 aromatic rings. The number of Topliss-reactive ketones (excluding diaryl/α,β-unsaturated/α-hetero) is 1. The molecule has 0 unspecified atom stereocenters. The highest BCUT2D eigenvalue weighted by atomic mass is 16.6. The molecule has 1 heterocycles. The fraction of sp³-hybridized carbons (Fsp3) is 0.765. The molecule has 3 fully saturated rings. The van der Waals surface area contributed by atoms with Crippen LogP contribution in [0.3, 0.4) is 0 Å². The van der Waals surface area contributed by atoms with Crippen molar-refractivity contribution in [2.75, 3.05) is 0 Å². The number of allylic oxidation sites excluding steroid dienone is 1. The Labute approximate surface area is 119 Å². The van der Waals surface area contributed by atoms with Crippen LogP contribution in [0.1, 0.15) is 58.8 Å². The van der Waals surface area contributed by atoms with E-state index in [2.05, 4.69) is 19.9 Å². The first kappa shape index (κ1) is 12.6. The summed E-state index contributed by atoms with van der Waals surface area (Å²) >= 11 is 0. The van der Waals surface area contributed by atoms with E-state index in [0.29, 0.717) is 24.5 Å². The van der Waals surface area contributed by atoms with Crippen molar-refractivity contribution in [2.24, 2.45) is 16.7 Å². The van der Waals surface area contributed by atoms with Gasteiger partial charge in [-0.2, -0.15) is 0 Å². The van der Waals surface area contributed by atoms with Crippen molar-refractivity contribution in [2.45, 2.75) is 64.4 Å². The lowest BCUT2D eigenvalue weighted by Gasteiger charge is -2.56. The molecule has 0 aromatic heterocycles. The van der Waals surface area contributed by atoms with Gasteiger partial charge < -0.3 is 4.74 Å². The van der Waals surface area contributed by atoms with Crippen LogP contribution in [0, 0.1) is 16.7 Å². The predicted molar refractivity (Wildman–Crippen MR) is 73.9 cm³/mol. The molecule has 2 saturated carbocycles. The highest BCUT2D eigenvalue weighted by Crippen LogP contribution is 2.68. The second kappa shape index (κ2) is 3.55. The van der Waals surface area contributed by atoms with Gasteiger partial charge in [0.05, 0.1) is 5.41 Å². The average molecular weight is 274 g/mol. The van der Waals surface area contributed by atoms with E-state index in [1.807, 2.05) is 0 Å². The minimum Gasteiger partial charge on any atom is -0.457 e. The van der Waals surface area contributed by atoms with Gasteiger partial charge in [-0.1, -0.05) is 18.6 Å². The quantitative estimate of drug-likeness (QED) is 0.503. The van der Waals surface area contributed by atoms with Crippen LogP contribution in [0.4, 0.5) is 0 Å². The molecule has 1 aliphatic heterocycles. The van der Waals surface area contributed by atoms with Gasteiger partial charge in [-0.3, -0.25) is 9.59 Å². The summed E-state index contributed by atoms with van der Waals surface area (Å²) in [5, 5.41) is 0. The number of ketones is 1. The number of carbonyl (C=O) groups is 2. The van der Waals surface area contributed by atoms with Crippen molar-refractivity contribution in [3.63, 3.8) is 0 Å². The van der Waals surface area contributed by atoms with Crippen molar-refractivity contribution in [1.29, 1.82) is 0 Å². The number of fused-ring (bicyclic) bond motifs is 1. The van der Waals surface area contributed by atoms with E-state index in [1.165, 1.54) is 5.57 Å². The van der Waals surface area contributed by atoms with Gasteiger partial charge in [0.1, 0.15) is 11.4 Å². The van der Waals surface area contributed by atoms with E-state index >= 15 is 0 Å². The van der Waals surface area contributed by atoms with E-state index < -0.39 is 0 Å². The number of rotatable bonds is 0. The van der Waals surface area contributed by atoms with Crippen molar-refractivity contribution in [1.82, 2.24) is 0 Å². The number of carbonyl (C=O) groups excluding carboxylic acids is 2. The zero-order valence-electron chi connectivity index (χ0n) is 12.3. The van der Waals surface area contributed by atoms with Crippen LogP contribution in [0.25, 0.3) is 0 Å². The van der Waals surface area contributed by atoms with Crippen LogP contribution in [0.15, 0.2) is 11.6 Å². The minimum absolute atomic E-state index is 0.00720. The molecule has 0 radical (unpaired) electrons. The van der Waals surface area contributed by atoms with E-state index in [0.717, 1.165) is 32.1 Å². The molecule has 1 saturated heterocycles. The Hall–Kier alpha value is -1.12. The Morgan fingerprint density at radius 1 is 1.20 bits per heavy atom. The van der Waals surface area contributed by atoms with Crippen molar-refractivity contribution < 1.29 is 14.3 Å². The molecule has 20 heavy (non-hydrogen) atoms. The minimum atomic E-state index is -0.331. The number of ether oxygens (including phenoxy) is 1. The molecular formula is C17H22O3. The largest absolute Gasteiger partial charge is 0.457 e. The lowest BCUT2D eigenvalue weighted by atomic mass is 9.47. The van der Waals surface area contributed by atoms with Gasteiger partial charge in [0.25, 0.3) is 0 Å². The van der Waals surface area contributed by atoms with Crippen LogP contribution in [0.5, 0.6) is 0 Å². The van der Waals surface area contributed by atoms with Crippen LogP contribution >= 0.6 is 0 Å². The molecule has 0 spiro atoms. The molecule has 108 valence electrons. The van der Waals surface area contributed by atoms with Crippen molar-refractivity contribution in [3.05, 3.63) is 11.6 Å². The Bertz CT molecular complexity index is 548. The third kappa shape index (κ3) is 1.19. The van der Waals surface area contributed by atoms with E-state index in [1.54, 1.807) is 0 Å². The molecule has 4 rings (SSSR count). The lowest BCUT2D eigenvalue weighted by Crippen LogP contribution is -2.58. The maximum atomic E-state index is 12.5. The maximum absolute atomic E-state index is 12.5. The van der Waals surface area contributed by atoms with E-state index in [4.69, 9.17) is 4.74 Å². The molecule has 3 aliphatic carbocycles. The maximum Gasteiger partial charge on any atom is 0.312 e. The second-order valence-corrected chi connectivity index (χ2v) is 7.62. The van der Waals surface area contributed by atoms with Crippen LogP contribution in [-0.2, 0) is 14.3 Å². The SMILES string of the molecule is C[C@]12CCC[C@]3(OC1=O)[C@@H]2CC=C1CC(=O)CC[C@@]13C. The van der Waals surface area contributed by atoms with Gasteiger partial charge in [-0.15, -0.1) is 0 Å². The first-order valence-corrected chi connectivity index (χ1v) is 7.87. The Kier molecular flexibility index (Phi) is 2.24. The van der Waals surface area contributed by atoms with E-state index in [9.17, 15) is 9.59 Å². The monoisotopic (exact) mass is 274 g/mol. The van der Waals surface area contributed by atoms with Gasteiger partial charge in [-0.05, 0) is 39.0 Å². The topological polar surface area (TPSA) is 43.4 Å². The molecule has 4 atom stereocenters. The van der Waals surface area contributed by atoms with Crippen LogP contribution < -0.4 is 0 Å². The van der Waals surface area contributed by atoms with Gasteiger partial charge in [0, 0.05) is 24.2 Å². The Balaban J connectivity index is 1.88. The zero-order chi connectivity index (χ0) is 14.2.